The zero-order valence-electron chi connectivity index (χ0n) is 6.47. The van der Waals surface area contributed by atoms with E-state index in [1.54, 1.807) is 6.08 Å². The summed E-state index contributed by atoms with van der Waals surface area (Å²) in [5.41, 5.74) is -0.568. The van der Waals surface area contributed by atoms with E-state index in [4.69, 9.17) is 5.11 Å². The summed E-state index contributed by atoms with van der Waals surface area (Å²) in [5, 5.41) is 12.0. The monoisotopic (exact) mass is 155 g/mol. The lowest BCUT2D eigenvalue weighted by atomic mass is 9.84. The van der Waals surface area contributed by atoms with Gasteiger partial charge in [0.1, 0.15) is 0 Å². The van der Waals surface area contributed by atoms with Crippen molar-refractivity contribution in [3.8, 4) is 0 Å². The quantitative estimate of drug-likeness (QED) is 0.587. The van der Waals surface area contributed by atoms with Crippen LogP contribution in [0.4, 0.5) is 0 Å². The van der Waals surface area contributed by atoms with Gasteiger partial charge >= 0.3 is 5.97 Å². The topological polar surface area (TPSA) is 49.3 Å². The van der Waals surface area contributed by atoms with Crippen LogP contribution < -0.4 is 5.32 Å². The molecular weight excluding hydrogens is 142 g/mol. The average molecular weight is 155 g/mol. The van der Waals surface area contributed by atoms with Crippen LogP contribution in [0.1, 0.15) is 12.8 Å². The first kappa shape index (κ1) is 8.27. The number of carbonyl (C=O) groups is 1. The van der Waals surface area contributed by atoms with Crippen molar-refractivity contribution in [2.24, 2.45) is 5.41 Å². The number of carboxylic acid groups (broad SMARTS) is 1. The van der Waals surface area contributed by atoms with E-state index in [1.807, 2.05) is 0 Å². The number of rotatable bonds is 3. The minimum absolute atomic E-state index is 0.565. The van der Waals surface area contributed by atoms with Crippen LogP contribution in [0.2, 0.25) is 0 Å². The summed E-state index contributed by atoms with van der Waals surface area (Å²) >= 11 is 0. The van der Waals surface area contributed by atoms with Gasteiger partial charge in [-0.25, -0.2) is 0 Å². The summed E-state index contributed by atoms with van der Waals surface area (Å²) < 4.78 is 0. The molecule has 1 saturated heterocycles. The Balaban J connectivity index is 2.69. The van der Waals surface area contributed by atoms with E-state index in [9.17, 15) is 4.79 Å². The fourth-order valence-corrected chi connectivity index (χ4v) is 1.46. The minimum Gasteiger partial charge on any atom is -0.481 e. The first-order valence-electron chi connectivity index (χ1n) is 3.76. The van der Waals surface area contributed by atoms with Crippen molar-refractivity contribution >= 4 is 5.97 Å². The van der Waals surface area contributed by atoms with Gasteiger partial charge in [-0.1, -0.05) is 6.08 Å². The number of hydrogen-bond acceptors (Lipinski definition) is 2. The molecule has 0 spiro atoms. The highest BCUT2D eigenvalue weighted by Crippen LogP contribution is 2.29. The summed E-state index contributed by atoms with van der Waals surface area (Å²) in [6.07, 6.45) is 2.96. The van der Waals surface area contributed by atoms with Crippen molar-refractivity contribution in [2.75, 3.05) is 13.1 Å². The number of hydrogen-bond donors (Lipinski definition) is 2. The molecule has 3 nitrogen and oxygen atoms in total. The molecule has 11 heavy (non-hydrogen) atoms. The van der Waals surface area contributed by atoms with Gasteiger partial charge in [0, 0.05) is 6.54 Å². The van der Waals surface area contributed by atoms with Gasteiger partial charge in [0.05, 0.1) is 5.41 Å². The third-order valence-electron chi connectivity index (χ3n) is 2.23. The lowest BCUT2D eigenvalue weighted by molar-refractivity contribution is -0.147. The van der Waals surface area contributed by atoms with Crippen LogP contribution in [0, 0.1) is 5.41 Å². The molecule has 1 heterocycles. The Labute approximate surface area is 66.1 Å². The number of nitrogens with one attached hydrogen (secondary N) is 1. The highest BCUT2D eigenvalue weighted by molar-refractivity contribution is 5.75. The lowest BCUT2D eigenvalue weighted by Gasteiger charge is -2.20. The van der Waals surface area contributed by atoms with E-state index in [-0.39, 0.29) is 0 Å². The first-order valence-corrected chi connectivity index (χ1v) is 3.76. The maximum atomic E-state index is 10.8. The van der Waals surface area contributed by atoms with Crippen LogP contribution in [-0.4, -0.2) is 24.2 Å². The van der Waals surface area contributed by atoms with Crippen molar-refractivity contribution in [1.82, 2.24) is 5.32 Å². The fraction of sp³-hybridized carbons (Fsp3) is 0.625. The Bertz CT molecular complexity index is 171. The normalized spacial score (nSPS) is 30.2. The van der Waals surface area contributed by atoms with Crippen LogP contribution in [0.15, 0.2) is 12.7 Å². The summed E-state index contributed by atoms with van der Waals surface area (Å²) in [6, 6.07) is 0. The second kappa shape index (κ2) is 3.05. The Morgan fingerprint density at radius 3 is 2.91 bits per heavy atom. The van der Waals surface area contributed by atoms with Gasteiger partial charge in [-0.05, 0) is 19.4 Å². The SMILES string of the molecule is C=CCC1(C(=O)O)CCNC1. The molecule has 3 heteroatoms. The van der Waals surface area contributed by atoms with Crippen molar-refractivity contribution in [1.29, 1.82) is 0 Å². The molecule has 0 saturated carbocycles. The van der Waals surface area contributed by atoms with Gasteiger partial charge < -0.3 is 10.4 Å². The Morgan fingerprint density at radius 2 is 2.55 bits per heavy atom. The number of carboxylic acids is 1. The lowest BCUT2D eigenvalue weighted by Crippen LogP contribution is -2.32. The third kappa shape index (κ3) is 1.43. The van der Waals surface area contributed by atoms with Crippen LogP contribution in [0.25, 0.3) is 0 Å². The van der Waals surface area contributed by atoms with Gasteiger partial charge in [0.25, 0.3) is 0 Å². The molecule has 62 valence electrons. The maximum absolute atomic E-state index is 10.8. The largest absolute Gasteiger partial charge is 0.481 e. The van der Waals surface area contributed by atoms with Crippen molar-refractivity contribution in [3.63, 3.8) is 0 Å². The van der Waals surface area contributed by atoms with Gasteiger partial charge in [0.2, 0.25) is 0 Å². The molecule has 1 aliphatic rings. The van der Waals surface area contributed by atoms with Gasteiger partial charge in [-0.2, -0.15) is 0 Å². The predicted octanol–water partition coefficient (Wildman–Crippen LogP) is 0.627. The molecule has 1 atom stereocenters. The molecule has 1 aliphatic heterocycles. The first-order chi connectivity index (χ1) is 5.21. The zero-order chi connectivity index (χ0) is 8.32. The van der Waals surface area contributed by atoms with Gasteiger partial charge in [0.15, 0.2) is 0 Å². The summed E-state index contributed by atoms with van der Waals surface area (Å²) in [7, 11) is 0. The fourth-order valence-electron chi connectivity index (χ4n) is 1.46. The Hall–Kier alpha value is -0.830. The second-order valence-corrected chi connectivity index (χ2v) is 3.01. The number of allylic oxidation sites excluding steroid dienone is 1. The molecule has 0 aromatic carbocycles. The van der Waals surface area contributed by atoms with Crippen LogP contribution in [-0.2, 0) is 4.79 Å². The molecule has 0 aliphatic carbocycles. The smallest absolute Gasteiger partial charge is 0.311 e. The molecule has 1 rings (SSSR count). The number of aliphatic carboxylic acids is 1. The summed E-state index contributed by atoms with van der Waals surface area (Å²) in [4.78, 5) is 10.8. The second-order valence-electron chi connectivity index (χ2n) is 3.01. The highest BCUT2D eigenvalue weighted by Gasteiger charge is 2.39. The maximum Gasteiger partial charge on any atom is 0.311 e. The van der Waals surface area contributed by atoms with E-state index in [1.165, 1.54) is 0 Å². The molecule has 1 fully saturated rings. The minimum atomic E-state index is -0.706. The molecule has 0 aromatic rings. The molecule has 0 aromatic heterocycles. The van der Waals surface area contributed by atoms with E-state index in [2.05, 4.69) is 11.9 Å². The summed E-state index contributed by atoms with van der Waals surface area (Å²) in [5.74, 6) is -0.706. The molecular formula is C8H13NO2. The van der Waals surface area contributed by atoms with Crippen molar-refractivity contribution in [2.45, 2.75) is 12.8 Å². The van der Waals surface area contributed by atoms with Crippen molar-refractivity contribution < 1.29 is 9.90 Å². The van der Waals surface area contributed by atoms with Crippen LogP contribution in [0.5, 0.6) is 0 Å². The Morgan fingerprint density at radius 1 is 1.82 bits per heavy atom. The van der Waals surface area contributed by atoms with Gasteiger partial charge in [-0.15, -0.1) is 6.58 Å². The average Bonchev–Trinajstić information content (AvgIpc) is 2.38. The molecule has 1 unspecified atom stereocenters. The van der Waals surface area contributed by atoms with Crippen molar-refractivity contribution in [3.05, 3.63) is 12.7 Å². The van der Waals surface area contributed by atoms with Gasteiger partial charge in [-0.3, -0.25) is 4.79 Å². The highest BCUT2D eigenvalue weighted by atomic mass is 16.4. The zero-order valence-corrected chi connectivity index (χ0v) is 6.47. The van der Waals surface area contributed by atoms with E-state index in [0.29, 0.717) is 19.4 Å². The molecule has 2 N–H and O–H groups in total. The molecule has 0 radical (unpaired) electrons. The predicted molar refractivity (Wildman–Crippen MR) is 42.4 cm³/mol. The molecule has 0 bridgehead atoms. The summed E-state index contributed by atoms with van der Waals surface area (Å²) in [6.45, 7) is 4.94. The van der Waals surface area contributed by atoms with Crippen LogP contribution in [0.3, 0.4) is 0 Å². The van der Waals surface area contributed by atoms with E-state index in [0.717, 1.165) is 6.54 Å². The standard InChI is InChI=1S/C8H13NO2/c1-2-3-8(7(10)11)4-5-9-6-8/h2,9H,1,3-6H2,(H,10,11). The molecule has 0 amide bonds. The van der Waals surface area contributed by atoms with E-state index >= 15 is 0 Å². The van der Waals surface area contributed by atoms with Crippen LogP contribution >= 0.6 is 0 Å². The third-order valence-corrected chi connectivity index (χ3v) is 2.23. The Kier molecular flexibility index (Phi) is 2.29. The van der Waals surface area contributed by atoms with E-state index < -0.39 is 11.4 Å².